The Balaban J connectivity index is 2.05. The molecule has 0 saturated heterocycles. The first kappa shape index (κ1) is 20.3. The van der Waals surface area contributed by atoms with E-state index in [0.717, 1.165) is 21.7 Å². The predicted molar refractivity (Wildman–Crippen MR) is 118 cm³/mol. The molecule has 0 atom stereocenters. The number of primary amides is 1. The summed E-state index contributed by atoms with van der Waals surface area (Å²) >= 11 is 1.45. The highest BCUT2D eigenvalue weighted by molar-refractivity contribution is 7.07. The third kappa shape index (κ3) is 4.55. The average Bonchev–Trinajstić information content (AvgIpc) is 3.09. The highest BCUT2D eigenvalue weighted by Gasteiger charge is 2.13. The fourth-order valence-corrected chi connectivity index (χ4v) is 3.63. The van der Waals surface area contributed by atoms with Crippen LogP contribution in [-0.4, -0.2) is 42.5 Å². The van der Waals surface area contributed by atoms with Crippen LogP contribution in [0.5, 0.6) is 5.75 Å². The van der Waals surface area contributed by atoms with E-state index in [9.17, 15) is 9.90 Å². The monoisotopic (exact) mass is 409 g/mol. The zero-order chi connectivity index (χ0) is 21.0. The molecule has 3 rings (SSSR count). The lowest BCUT2D eigenvalue weighted by atomic mass is 10.1. The van der Waals surface area contributed by atoms with Gasteiger partial charge in [0.1, 0.15) is 5.75 Å². The van der Waals surface area contributed by atoms with Gasteiger partial charge in [0.2, 0.25) is 4.80 Å². The number of aromatic hydroxyl groups is 1. The standard InChI is InChI=1S/C21H23N5O2S/c1-4-23-21-26(24-12-14-5-8-16(9-6-14)25(2)3)18(13-29-21)15-7-10-19(27)17(11-15)20(22)28/h5-13,27H,4H2,1-3H3,(H2,22,28)/b23-21?,24-12-. The van der Waals surface area contributed by atoms with E-state index in [1.54, 1.807) is 23.0 Å². The van der Waals surface area contributed by atoms with Crippen LogP contribution in [0.25, 0.3) is 11.3 Å². The highest BCUT2D eigenvalue weighted by Crippen LogP contribution is 2.26. The molecule has 0 aliphatic heterocycles. The third-order valence-electron chi connectivity index (χ3n) is 4.27. The minimum absolute atomic E-state index is 0.0671. The molecule has 3 N–H and O–H groups in total. The van der Waals surface area contributed by atoms with Crippen LogP contribution < -0.4 is 15.4 Å². The minimum atomic E-state index is -0.686. The number of hydrogen-bond acceptors (Lipinski definition) is 6. The maximum Gasteiger partial charge on any atom is 0.252 e. The molecule has 3 aromatic rings. The maximum absolute atomic E-state index is 11.6. The molecule has 0 aliphatic rings. The van der Waals surface area contributed by atoms with E-state index in [1.807, 2.05) is 55.6 Å². The molecule has 1 heterocycles. The van der Waals surface area contributed by atoms with Gasteiger partial charge in [-0.3, -0.25) is 9.79 Å². The number of benzene rings is 2. The first-order valence-electron chi connectivity index (χ1n) is 9.06. The van der Waals surface area contributed by atoms with Crippen molar-refractivity contribution in [2.45, 2.75) is 6.92 Å². The van der Waals surface area contributed by atoms with Gasteiger partial charge in [-0.05, 0) is 42.8 Å². The number of carbonyl (C=O) groups is 1. The van der Waals surface area contributed by atoms with Crippen molar-refractivity contribution in [1.82, 2.24) is 4.68 Å². The Hall–Kier alpha value is -3.39. The number of amides is 1. The molecule has 0 spiro atoms. The van der Waals surface area contributed by atoms with E-state index in [1.165, 1.54) is 17.4 Å². The summed E-state index contributed by atoms with van der Waals surface area (Å²) in [5.41, 5.74) is 8.96. The Morgan fingerprint density at radius 3 is 2.59 bits per heavy atom. The third-order valence-corrected chi connectivity index (χ3v) is 5.12. The van der Waals surface area contributed by atoms with Gasteiger partial charge < -0.3 is 15.7 Å². The van der Waals surface area contributed by atoms with Gasteiger partial charge in [-0.2, -0.15) is 5.10 Å². The van der Waals surface area contributed by atoms with E-state index in [4.69, 9.17) is 5.73 Å². The fourth-order valence-electron chi connectivity index (χ4n) is 2.73. The van der Waals surface area contributed by atoms with E-state index in [-0.39, 0.29) is 11.3 Å². The Kier molecular flexibility index (Phi) is 6.13. The maximum atomic E-state index is 11.6. The number of thiazole rings is 1. The summed E-state index contributed by atoms with van der Waals surface area (Å²) in [5.74, 6) is -0.833. The second-order valence-electron chi connectivity index (χ2n) is 6.52. The molecule has 150 valence electrons. The number of anilines is 1. The first-order valence-corrected chi connectivity index (χ1v) is 9.94. The number of phenols is 1. The number of nitrogens with zero attached hydrogens (tertiary/aromatic N) is 4. The van der Waals surface area contributed by atoms with Gasteiger partial charge in [-0.1, -0.05) is 12.1 Å². The van der Waals surface area contributed by atoms with Crippen molar-refractivity contribution in [3.05, 3.63) is 63.8 Å². The molecule has 0 bridgehead atoms. The number of aromatic nitrogens is 1. The van der Waals surface area contributed by atoms with Crippen LogP contribution in [0.3, 0.4) is 0 Å². The first-order chi connectivity index (χ1) is 13.9. The molecule has 0 unspecified atom stereocenters. The number of carbonyl (C=O) groups excluding carboxylic acids is 1. The molecule has 0 aliphatic carbocycles. The summed E-state index contributed by atoms with van der Waals surface area (Å²) in [5, 5.41) is 16.4. The SMILES string of the molecule is CCN=c1scc(-c2ccc(O)c(C(N)=O)c2)n1/N=C\c1ccc(N(C)C)cc1. The van der Waals surface area contributed by atoms with Gasteiger partial charge >= 0.3 is 0 Å². The number of nitrogens with two attached hydrogens (primary N) is 1. The smallest absolute Gasteiger partial charge is 0.252 e. The normalized spacial score (nSPS) is 11.9. The highest BCUT2D eigenvalue weighted by atomic mass is 32.1. The molecule has 0 saturated carbocycles. The average molecular weight is 410 g/mol. The molecule has 8 heteroatoms. The topological polar surface area (TPSA) is 96.2 Å². The molecule has 29 heavy (non-hydrogen) atoms. The predicted octanol–water partition coefficient (Wildman–Crippen LogP) is 2.89. The zero-order valence-electron chi connectivity index (χ0n) is 16.5. The van der Waals surface area contributed by atoms with Crippen molar-refractivity contribution in [2.24, 2.45) is 15.8 Å². The summed E-state index contributed by atoms with van der Waals surface area (Å²) in [6.45, 7) is 2.58. The second-order valence-corrected chi connectivity index (χ2v) is 7.35. The molecular weight excluding hydrogens is 386 g/mol. The molecular formula is C21H23N5O2S. The van der Waals surface area contributed by atoms with Crippen LogP contribution in [0.15, 0.2) is 57.9 Å². The Bertz CT molecular complexity index is 1110. The van der Waals surface area contributed by atoms with E-state index in [0.29, 0.717) is 12.1 Å². The quantitative estimate of drug-likeness (QED) is 0.613. The van der Waals surface area contributed by atoms with Gasteiger partial charge in [-0.25, -0.2) is 4.68 Å². The van der Waals surface area contributed by atoms with Crippen LogP contribution in [0.2, 0.25) is 0 Å². The van der Waals surface area contributed by atoms with Gasteiger partial charge in [0, 0.05) is 37.3 Å². The molecule has 1 aromatic heterocycles. The lowest BCUT2D eigenvalue weighted by Crippen LogP contribution is -2.13. The summed E-state index contributed by atoms with van der Waals surface area (Å²) in [6, 6.07) is 12.8. The van der Waals surface area contributed by atoms with Gasteiger partial charge in [0.15, 0.2) is 0 Å². The number of hydrogen-bond donors (Lipinski definition) is 2. The molecule has 7 nitrogen and oxygen atoms in total. The number of rotatable bonds is 6. The fraction of sp³-hybridized carbons (Fsp3) is 0.190. The lowest BCUT2D eigenvalue weighted by Gasteiger charge is -2.11. The summed E-state index contributed by atoms with van der Waals surface area (Å²) < 4.78 is 1.73. The van der Waals surface area contributed by atoms with Crippen molar-refractivity contribution in [2.75, 3.05) is 25.5 Å². The summed E-state index contributed by atoms with van der Waals surface area (Å²) in [4.78, 5) is 18.9. The van der Waals surface area contributed by atoms with Crippen LogP contribution in [-0.2, 0) is 0 Å². The largest absolute Gasteiger partial charge is 0.507 e. The zero-order valence-corrected chi connectivity index (χ0v) is 17.3. The van der Waals surface area contributed by atoms with Crippen LogP contribution in [0.1, 0.15) is 22.8 Å². The van der Waals surface area contributed by atoms with Crippen LogP contribution >= 0.6 is 11.3 Å². The summed E-state index contributed by atoms with van der Waals surface area (Å²) in [7, 11) is 3.99. The van der Waals surface area contributed by atoms with E-state index < -0.39 is 5.91 Å². The molecule has 0 radical (unpaired) electrons. The second kappa shape index (κ2) is 8.74. The minimum Gasteiger partial charge on any atom is -0.507 e. The van der Waals surface area contributed by atoms with Gasteiger partial charge in [0.05, 0.1) is 17.5 Å². The molecule has 0 fully saturated rings. The van der Waals surface area contributed by atoms with Crippen molar-refractivity contribution >= 4 is 29.1 Å². The van der Waals surface area contributed by atoms with Crippen LogP contribution in [0.4, 0.5) is 5.69 Å². The van der Waals surface area contributed by atoms with Crippen LogP contribution in [0, 0.1) is 0 Å². The van der Waals surface area contributed by atoms with Crippen molar-refractivity contribution in [3.63, 3.8) is 0 Å². The Labute approximate surface area is 173 Å². The van der Waals surface area contributed by atoms with Crippen molar-refractivity contribution in [3.8, 4) is 17.0 Å². The van der Waals surface area contributed by atoms with Gasteiger partial charge in [0.25, 0.3) is 5.91 Å². The van der Waals surface area contributed by atoms with Crippen molar-refractivity contribution in [1.29, 1.82) is 0 Å². The summed E-state index contributed by atoms with van der Waals surface area (Å²) in [6.07, 6.45) is 1.76. The van der Waals surface area contributed by atoms with E-state index >= 15 is 0 Å². The Morgan fingerprint density at radius 1 is 1.24 bits per heavy atom. The molecule has 1 amide bonds. The van der Waals surface area contributed by atoms with Crippen molar-refractivity contribution < 1.29 is 9.90 Å². The van der Waals surface area contributed by atoms with Gasteiger partial charge in [-0.15, -0.1) is 11.3 Å². The lowest BCUT2D eigenvalue weighted by molar-refractivity contribution is 0.0998. The molecule has 2 aromatic carbocycles. The van der Waals surface area contributed by atoms with E-state index in [2.05, 4.69) is 10.1 Å². The Morgan fingerprint density at radius 2 is 1.97 bits per heavy atom.